The maximum absolute atomic E-state index is 11.8. The van der Waals surface area contributed by atoms with Gasteiger partial charge in [0.05, 0.1) is 16.3 Å². The van der Waals surface area contributed by atoms with Crippen molar-refractivity contribution in [3.8, 4) is 0 Å². The Kier molecular flexibility index (Phi) is 5.80. The van der Waals surface area contributed by atoms with Crippen molar-refractivity contribution in [2.24, 2.45) is 0 Å². The molecule has 5 nitrogen and oxygen atoms in total. The highest BCUT2D eigenvalue weighted by Gasteiger charge is 2.16. The normalized spacial score (nSPS) is 11.7. The average Bonchev–Trinajstić information content (AvgIpc) is 2.28. The van der Waals surface area contributed by atoms with Gasteiger partial charge >= 0.3 is 0 Å². The summed E-state index contributed by atoms with van der Waals surface area (Å²) in [5.41, 5.74) is 5.92. The van der Waals surface area contributed by atoms with Crippen LogP contribution in [0.2, 0.25) is 5.02 Å². The van der Waals surface area contributed by atoms with Crippen LogP contribution in [0, 0.1) is 0 Å². The molecule has 0 aromatic heterocycles. The smallest absolute Gasteiger partial charge is 0.225 e. The molecule has 0 radical (unpaired) electrons. The molecule has 0 heterocycles. The van der Waals surface area contributed by atoms with Crippen molar-refractivity contribution in [3.63, 3.8) is 0 Å². The topological polar surface area (TPSA) is 78.6 Å². The number of halogens is 1. The number of aliphatic hydroxyl groups is 1. The van der Waals surface area contributed by atoms with E-state index in [0.717, 1.165) is 0 Å². The molecule has 0 spiro atoms. The number of nitrogen functional groups attached to an aromatic ring is 1. The van der Waals surface area contributed by atoms with Gasteiger partial charge in [-0.05, 0) is 39.1 Å². The predicted octanol–water partition coefficient (Wildman–Crippen LogP) is 1.95. The van der Waals surface area contributed by atoms with Gasteiger partial charge in [-0.1, -0.05) is 11.6 Å². The first-order chi connectivity index (χ1) is 9.17. The number of benzene rings is 1. The lowest BCUT2D eigenvalue weighted by Gasteiger charge is -2.25. The van der Waals surface area contributed by atoms with E-state index in [4.69, 9.17) is 17.3 Å². The van der Waals surface area contributed by atoms with Gasteiger partial charge in [0, 0.05) is 25.2 Å². The minimum atomic E-state index is -0.772. The standard InChI is InChI=1S/C14H22ClN3O2/c1-14(2,20)9-18(3)7-6-13(19)17-12-5-4-10(16)8-11(12)15/h4-5,8,20H,6-7,9,16H2,1-3H3,(H,17,19). The summed E-state index contributed by atoms with van der Waals surface area (Å²) in [7, 11) is 1.86. The maximum Gasteiger partial charge on any atom is 0.225 e. The number of carbonyl (C=O) groups excluding carboxylic acids is 1. The number of anilines is 2. The number of nitrogens with one attached hydrogen (secondary N) is 1. The van der Waals surface area contributed by atoms with Gasteiger partial charge in [0.15, 0.2) is 0 Å². The van der Waals surface area contributed by atoms with E-state index in [1.807, 2.05) is 11.9 Å². The van der Waals surface area contributed by atoms with Crippen LogP contribution >= 0.6 is 11.6 Å². The monoisotopic (exact) mass is 299 g/mol. The molecular formula is C14H22ClN3O2. The zero-order valence-electron chi connectivity index (χ0n) is 12.1. The van der Waals surface area contributed by atoms with Crippen LogP contribution in [0.5, 0.6) is 0 Å². The third-order valence-electron chi connectivity index (χ3n) is 2.64. The summed E-state index contributed by atoms with van der Waals surface area (Å²) in [5, 5.41) is 12.8. The van der Waals surface area contributed by atoms with E-state index in [9.17, 15) is 9.90 Å². The Morgan fingerprint density at radius 3 is 2.70 bits per heavy atom. The fourth-order valence-corrected chi connectivity index (χ4v) is 2.11. The van der Waals surface area contributed by atoms with E-state index in [2.05, 4.69) is 5.32 Å². The largest absolute Gasteiger partial charge is 0.399 e. The molecule has 0 bridgehead atoms. The Bertz CT molecular complexity index is 472. The fourth-order valence-electron chi connectivity index (χ4n) is 1.88. The molecule has 1 aromatic rings. The minimum Gasteiger partial charge on any atom is -0.399 e. The minimum absolute atomic E-state index is 0.126. The van der Waals surface area contributed by atoms with Crippen molar-refractivity contribution in [1.82, 2.24) is 4.90 Å². The predicted molar refractivity (Wildman–Crippen MR) is 82.9 cm³/mol. The van der Waals surface area contributed by atoms with Gasteiger partial charge in [-0.25, -0.2) is 0 Å². The number of likely N-dealkylation sites (N-methyl/N-ethyl adjacent to an activating group) is 1. The Balaban J connectivity index is 2.44. The highest BCUT2D eigenvalue weighted by molar-refractivity contribution is 6.34. The van der Waals surface area contributed by atoms with Crippen LogP contribution in [0.3, 0.4) is 0 Å². The van der Waals surface area contributed by atoms with Gasteiger partial charge in [-0.2, -0.15) is 0 Å². The van der Waals surface area contributed by atoms with E-state index in [1.165, 1.54) is 0 Å². The highest BCUT2D eigenvalue weighted by atomic mass is 35.5. The van der Waals surface area contributed by atoms with Crippen molar-refractivity contribution in [1.29, 1.82) is 0 Å². The Labute approximate surface area is 124 Å². The second-order valence-electron chi connectivity index (χ2n) is 5.59. The summed E-state index contributed by atoms with van der Waals surface area (Å²) in [6, 6.07) is 4.95. The van der Waals surface area contributed by atoms with Crippen molar-refractivity contribution >= 4 is 28.9 Å². The first-order valence-electron chi connectivity index (χ1n) is 6.43. The third-order valence-corrected chi connectivity index (χ3v) is 2.96. The van der Waals surface area contributed by atoms with Crippen LogP contribution in [0.25, 0.3) is 0 Å². The Morgan fingerprint density at radius 1 is 1.50 bits per heavy atom. The molecule has 0 aliphatic rings. The molecule has 0 fully saturated rings. The second-order valence-corrected chi connectivity index (χ2v) is 5.99. The maximum atomic E-state index is 11.8. The van der Waals surface area contributed by atoms with Crippen LogP contribution in [-0.4, -0.2) is 41.7 Å². The molecule has 0 aliphatic carbocycles. The van der Waals surface area contributed by atoms with Crippen LogP contribution < -0.4 is 11.1 Å². The fraction of sp³-hybridized carbons (Fsp3) is 0.500. The zero-order valence-corrected chi connectivity index (χ0v) is 12.9. The summed E-state index contributed by atoms with van der Waals surface area (Å²) in [5.74, 6) is -0.126. The van der Waals surface area contributed by atoms with E-state index in [-0.39, 0.29) is 5.91 Å². The Morgan fingerprint density at radius 2 is 2.15 bits per heavy atom. The molecule has 1 amide bonds. The summed E-state index contributed by atoms with van der Waals surface area (Å²) >= 11 is 5.99. The van der Waals surface area contributed by atoms with Crippen molar-refractivity contribution < 1.29 is 9.90 Å². The van der Waals surface area contributed by atoms with Gasteiger partial charge in [0.25, 0.3) is 0 Å². The molecule has 6 heteroatoms. The number of carbonyl (C=O) groups is 1. The number of nitrogens with zero attached hydrogens (tertiary/aromatic N) is 1. The lowest BCUT2D eigenvalue weighted by molar-refractivity contribution is -0.116. The first kappa shape index (κ1) is 16.8. The van der Waals surface area contributed by atoms with Crippen molar-refractivity contribution in [2.75, 3.05) is 31.2 Å². The van der Waals surface area contributed by atoms with Gasteiger partial charge in [-0.3, -0.25) is 4.79 Å². The molecule has 0 unspecified atom stereocenters. The quantitative estimate of drug-likeness (QED) is 0.702. The van der Waals surface area contributed by atoms with Crippen LogP contribution in [0.1, 0.15) is 20.3 Å². The molecule has 4 N–H and O–H groups in total. The Hall–Kier alpha value is -1.30. The van der Waals surface area contributed by atoms with Gasteiger partial charge in [-0.15, -0.1) is 0 Å². The summed E-state index contributed by atoms with van der Waals surface area (Å²) in [6.45, 7) is 4.53. The molecule has 1 aromatic carbocycles. The second kappa shape index (κ2) is 6.92. The molecule has 0 saturated heterocycles. The summed E-state index contributed by atoms with van der Waals surface area (Å²) < 4.78 is 0. The van der Waals surface area contributed by atoms with Crippen molar-refractivity contribution in [2.45, 2.75) is 25.9 Å². The lowest BCUT2D eigenvalue weighted by atomic mass is 10.1. The van der Waals surface area contributed by atoms with E-state index in [0.29, 0.717) is 35.9 Å². The number of rotatable bonds is 6. The van der Waals surface area contributed by atoms with E-state index in [1.54, 1.807) is 32.0 Å². The highest BCUT2D eigenvalue weighted by Crippen LogP contribution is 2.24. The number of hydrogen-bond acceptors (Lipinski definition) is 4. The molecular weight excluding hydrogens is 278 g/mol. The van der Waals surface area contributed by atoms with Crippen LogP contribution in [-0.2, 0) is 4.79 Å². The summed E-state index contributed by atoms with van der Waals surface area (Å²) in [6.07, 6.45) is 0.327. The van der Waals surface area contributed by atoms with Crippen molar-refractivity contribution in [3.05, 3.63) is 23.2 Å². The number of amides is 1. The average molecular weight is 300 g/mol. The molecule has 0 saturated carbocycles. The zero-order chi connectivity index (χ0) is 15.3. The molecule has 1 rings (SSSR count). The van der Waals surface area contributed by atoms with E-state index < -0.39 is 5.60 Å². The number of nitrogens with two attached hydrogens (primary N) is 1. The first-order valence-corrected chi connectivity index (χ1v) is 6.81. The SMILES string of the molecule is CN(CCC(=O)Nc1ccc(N)cc1Cl)CC(C)(C)O. The van der Waals surface area contributed by atoms with Crippen LogP contribution in [0.4, 0.5) is 11.4 Å². The van der Waals surface area contributed by atoms with Gasteiger partial charge in [0.2, 0.25) is 5.91 Å². The molecule has 20 heavy (non-hydrogen) atoms. The number of hydrogen-bond donors (Lipinski definition) is 3. The van der Waals surface area contributed by atoms with Crippen LogP contribution in [0.15, 0.2) is 18.2 Å². The van der Waals surface area contributed by atoms with Gasteiger partial charge < -0.3 is 21.1 Å². The lowest BCUT2D eigenvalue weighted by Crippen LogP contribution is -2.37. The molecule has 0 atom stereocenters. The van der Waals surface area contributed by atoms with E-state index >= 15 is 0 Å². The molecule has 0 aliphatic heterocycles. The molecule has 112 valence electrons. The summed E-state index contributed by atoms with van der Waals surface area (Å²) in [4.78, 5) is 13.7. The third kappa shape index (κ3) is 6.23. The van der Waals surface area contributed by atoms with Gasteiger partial charge in [0.1, 0.15) is 0 Å².